The van der Waals surface area contributed by atoms with Crippen LogP contribution in [0.2, 0.25) is 0 Å². The monoisotopic (exact) mass is 484 g/mol. The first-order valence-electron chi connectivity index (χ1n) is 10.2. The number of methoxy groups -OCH3 is 2. The van der Waals surface area contributed by atoms with Gasteiger partial charge in [-0.2, -0.15) is 0 Å². The van der Waals surface area contributed by atoms with Gasteiger partial charge in [-0.05, 0) is 65.7 Å². The molecule has 178 valence electrons. The molecule has 0 unspecified atom stereocenters. The number of rotatable bonds is 9. The van der Waals surface area contributed by atoms with E-state index in [1.165, 1.54) is 49.5 Å². The molecule has 3 aromatic rings. The van der Waals surface area contributed by atoms with Crippen molar-refractivity contribution in [3.63, 3.8) is 0 Å². The zero-order chi connectivity index (χ0) is 24.7. The van der Waals surface area contributed by atoms with Gasteiger partial charge in [-0.1, -0.05) is 18.2 Å². The van der Waals surface area contributed by atoms with E-state index in [2.05, 4.69) is 4.72 Å². The third-order valence-corrected chi connectivity index (χ3v) is 6.36. The van der Waals surface area contributed by atoms with Gasteiger partial charge in [0.2, 0.25) is 5.91 Å². The van der Waals surface area contributed by atoms with E-state index in [1.54, 1.807) is 55.6 Å². The maximum atomic E-state index is 13.8. The predicted molar refractivity (Wildman–Crippen MR) is 129 cm³/mol. The molecule has 0 aliphatic carbocycles. The molecule has 1 N–H and O–H groups in total. The fourth-order valence-electron chi connectivity index (χ4n) is 3.09. The van der Waals surface area contributed by atoms with Crippen molar-refractivity contribution in [2.24, 2.45) is 0 Å². The summed E-state index contributed by atoms with van der Waals surface area (Å²) in [6.45, 7) is 0.221. The number of halogens is 1. The standard InChI is InChI=1S/C25H25FN2O5S/c1-28(17-19-6-14-24(33-3)23(26)16-19)25(29)15-7-18-4-12-22(13-5-18)34(30,31)27-20-8-10-21(32-2)11-9-20/h4-16,27H,17H2,1-3H3. The van der Waals surface area contributed by atoms with Crippen LogP contribution >= 0.6 is 0 Å². The lowest BCUT2D eigenvalue weighted by atomic mass is 10.2. The molecule has 0 heterocycles. The first-order chi connectivity index (χ1) is 16.2. The van der Waals surface area contributed by atoms with Gasteiger partial charge in [0.1, 0.15) is 5.75 Å². The molecule has 3 rings (SSSR count). The van der Waals surface area contributed by atoms with Crippen LogP contribution in [0.5, 0.6) is 11.5 Å². The van der Waals surface area contributed by atoms with Crippen LogP contribution in [0, 0.1) is 5.82 Å². The van der Waals surface area contributed by atoms with Crippen LogP contribution in [0.25, 0.3) is 6.08 Å². The second-order valence-electron chi connectivity index (χ2n) is 7.40. The zero-order valence-corrected chi connectivity index (χ0v) is 19.8. The van der Waals surface area contributed by atoms with Crippen LogP contribution in [0.1, 0.15) is 11.1 Å². The van der Waals surface area contributed by atoms with Gasteiger partial charge in [0, 0.05) is 25.4 Å². The molecule has 7 nitrogen and oxygen atoms in total. The molecule has 0 atom stereocenters. The van der Waals surface area contributed by atoms with E-state index in [4.69, 9.17) is 9.47 Å². The molecule has 0 aliphatic heterocycles. The number of carbonyl (C=O) groups excluding carboxylic acids is 1. The van der Waals surface area contributed by atoms with Gasteiger partial charge in [0.05, 0.1) is 19.1 Å². The van der Waals surface area contributed by atoms with Gasteiger partial charge < -0.3 is 14.4 Å². The summed E-state index contributed by atoms with van der Waals surface area (Å²) in [6.07, 6.45) is 2.96. The molecule has 0 saturated carbocycles. The lowest BCUT2D eigenvalue weighted by Gasteiger charge is -2.15. The van der Waals surface area contributed by atoms with Crippen LogP contribution in [0.3, 0.4) is 0 Å². The van der Waals surface area contributed by atoms with Crippen molar-refractivity contribution in [2.45, 2.75) is 11.4 Å². The number of carbonyl (C=O) groups is 1. The Morgan fingerprint density at radius 2 is 1.68 bits per heavy atom. The van der Waals surface area contributed by atoms with E-state index < -0.39 is 15.8 Å². The largest absolute Gasteiger partial charge is 0.497 e. The van der Waals surface area contributed by atoms with Crippen LogP contribution in [0.15, 0.2) is 77.7 Å². The number of anilines is 1. The van der Waals surface area contributed by atoms with Crippen molar-refractivity contribution in [1.82, 2.24) is 4.90 Å². The average Bonchev–Trinajstić information content (AvgIpc) is 2.83. The van der Waals surface area contributed by atoms with Gasteiger partial charge >= 0.3 is 0 Å². The van der Waals surface area contributed by atoms with Gasteiger partial charge in [-0.3, -0.25) is 9.52 Å². The lowest BCUT2D eigenvalue weighted by Crippen LogP contribution is -2.24. The minimum absolute atomic E-state index is 0.0884. The lowest BCUT2D eigenvalue weighted by molar-refractivity contribution is -0.125. The first-order valence-corrected chi connectivity index (χ1v) is 11.7. The second-order valence-corrected chi connectivity index (χ2v) is 9.08. The highest BCUT2D eigenvalue weighted by Crippen LogP contribution is 2.21. The quantitative estimate of drug-likeness (QED) is 0.458. The molecule has 34 heavy (non-hydrogen) atoms. The van der Waals surface area contributed by atoms with Crippen LogP contribution in [0.4, 0.5) is 10.1 Å². The van der Waals surface area contributed by atoms with E-state index in [9.17, 15) is 17.6 Å². The van der Waals surface area contributed by atoms with Crippen molar-refractivity contribution in [2.75, 3.05) is 26.0 Å². The molecule has 0 spiro atoms. The van der Waals surface area contributed by atoms with E-state index in [0.29, 0.717) is 22.6 Å². The molecule has 9 heteroatoms. The molecular formula is C25H25FN2O5S. The number of benzene rings is 3. The number of hydrogen-bond acceptors (Lipinski definition) is 5. The number of hydrogen-bond donors (Lipinski definition) is 1. The van der Waals surface area contributed by atoms with Gasteiger partial charge in [0.15, 0.2) is 11.6 Å². The predicted octanol–water partition coefficient (Wildman–Crippen LogP) is 4.32. The smallest absolute Gasteiger partial charge is 0.261 e. The van der Waals surface area contributed by atoms with Crippen molar-refractivity contribution in [3.8, 4) is 11.5 Å². The number of likely N-dealkylation sites (N-methyl/N-ethyl adjacent to an activating group) is 1. The Morgan fingerprint density at radius 3 is 2.26 bits per heavy atom. The van der Waals surface area contributed by atoms with Crippen LogP contribution in [-0.4, -0.2) is 40.5 Å². The third kappa shape index (κ3) is 6.35. The van der Waals surface area contributed by atoms with Crippen LogP contribution < -0.4 is 14.2 Å². The summed E-state index contributed by atoms with van der Waals surface area (Å²) in [6, 6.07) is 17.2. The summed E-state index contributed by atoms with van der Waals surface area (Å²) in [5.41, 5.74) is 1.69. The Balaban J connectivity index is 1.61. The third-order valence-electron chi connectivity index (χ3n) is 4.96. The van der Waals surface area contributed by atoms with Crippen molar-refractivity contribution in [3.05, 3.63) is 89.8 Å². The SMILES string of the molecule is COc1ccc(NS(=O)(=O)c2ccc(C=CC(=O)N(C)Cc3ccc(OC)c(F)c3)cc2)cc1. The topological polar surface area (TPSA) is 84.9 Å². The minimum atomic E-state index is -3.77. The van der Waals surface area contributed by atoms with E-state index >= 15 is 0 Å². The Hall–Kier alpha value is -3.85. The summed E-state index contributed by atoms with van der Waals surface area (Å²) in [7, 11) is 0.757. The fourth-order valence-corrected chi connectivity index (χ4v) is 4.14. The summed E-state index contributed by atoms with van der Waals surface area (Å²) in [5.74, 6) is -0.0141. The van der Waals surface area contributed by atoms with Crippen molar-refractivity contribution in [1.29, 1.82) is 0 Å². The summed E-state index contributed by atoms with van der Waals surface area (Å²) >= 11 is 0. The van der Waals surface area contributed by atoms with E-state index in [-0.39, 0.29) is 23.1 Å². The number of ether oxygens (including phenoxy) is 2. The second kappa shape index (κ2) is 10.8. The highest BCUT2D eigenvalue weighted by molar-refractivity contribution is 7.92. The molecule has 0 fully saturated rings. The number of sulfonamides is 1. The van der Waals surface area contributed by atoms with Crippen molar-refractivity contribution >= 4 is 27.7 Å². The highest BCUT2D eigenvalue weighted by Gasteiger charge is 2.14. The minimum Gasteiger partial charge on any atom is -0.497 e. The highest BCUT2D eigenvalue weighted by atomic mass is 32.2. The molecule has 1 amide bonds. The summed E-state index contributed by atoms with van der Waals surface area (Å²) in [4.78, 5) is 13.9. The summed E-state index contributed by atoms with van der Waals surface area (Å²) < 4.78 is 51.5. The molecule has 0 radical (unpaired) electrons. The van der Waals surface area contributed by atoms with Crippen molar-refractivity contribution < 1.29 is 27.1 Å². The average molecular weight is 485 g/mol. The maximum Gasteiger partial charge on any atom is 0.261 e. The van der Waals surface area contributed by atoms with E-state index in [0.717, 1.165) is 0 Å². The molecular weight excluding hydrogens is 459 g/mol. The summed E-state index contributed by atoms with van der Waals surface area (Å²) in [5, 5.41) is 0. The maximum absolute atomic E-state index is 13.8. The van der Waals surface area contributed by atoms with Gasteiger partial charge in [0.25, 0.3) is 10.0 Å². The Labute approximate surface area is 198 Å². The Morgan fingerprint density at radius 1 is 1.00 bits per heavy atom. The normalized spacial score (nSPS) is 11.3. The number of amides is 1. The van der Waals surface area contributed by atoms with Crippen LogP contribution in [-0.2, 0) is 21.4 Å². The molecule has 0 bridgehead atoms. The van der Waals surface area contributed by atoms with Gasteiger partial charge in [-0.15, -0.1) is 0 Å². The first kappa shape index (κ1) is 24.8. The van der Waals surface area contributed by atoms with Gasteiger partial charge in [-0.25, -0.2) is 12.8 Å². The molecule has 3 aromatic carbocycles. The fraction of sp³-hybridized carbons (Fsp3) is 0.160. The zero-order valence-electron chi connectivity index (χ0n) is 19.0. The molecule has 0 aromatic heterocycles. The Bertz CT molecular complexity index is 1270. The van der Waals surface area contributed by atoms with E-state index in [1.807, 2.05) is 0 Å². The number of nitrogens with zero attached hydrogens (tertiary/aromatic N) is 1. The molecule has 0 aliphatic rings. The number of nitrogens with one attached hydrogen (secondary N) is 1. The Kier molecular flexibility index (Phi) is 7.91. The molecule has 0 saturated heterocycles.